The Morgan fingerprint density at radius 1 is 1.00 bits per heavy atom. The van der Waals surface area contributed by atoms with Gasteiger partial charge < -0.3 is 15.2 Å². The summed E-state index contributed by atoms with van der Waals surface area (Å²) in [5.41, 5.74) is 4.42. The second-order valence-corrected chi connectivity index (χ2v) is 7.95. The monoisotopic (exact) mass is 447 g/mol. The fourth-order valence-corrected chi connectivity index (χ4v) is 3.87. The lowest BCUT2D eigenvalue weighted by molar-refractivity contribution is 0.0620. The molecule has 0 bridgehead atoms. The van der Waals surface area contributed by atoms with Gasteiger partial charge in [-0.3, -0.25) is 14.5 Å². The smallest absolute Gasteiger partial charge is 0.276 e. The zero-order valence-corrected chi connectivity index (χ0v) is 19.9. The first-order valence-electron chi connectivity index (χ1n) is 11.5. The molecule has 2 aromatic carbocycles. The average Bonchev–Trinajstić information content (AvgIpc) is 3.33. The number of H-pyrrole nitrogens is 1. The van der Waals surface area contributed by atoms with Crippen LogP contribution in [0.3, 0.4) is 0 Å². The lowest BCUT2D eigenvalue weighted by atomic mass is 10.1. The van der Waals surface area contributed by atoms with E-state index in [1.54, 1.807) is 4.90 Å². The van der Waals surface area contributed by atoms with Crippen LogP contribution in [0.1, 0.15) is 51.5 Å². The van der Waals surface area contributed by atoms with Gasteiger partial charge in [-0.1, -0.05) is 61.9 Å². The third kappa shape index (κ3) is 6.08. The summed E-state index contributed by atoms with van der Waals surface area (Å²) >= 11 is 0. The second-order valence-electron chi connectivity index (χ2n) is 7.95. The predicted molar refractivity (Wildman–Crippen MR) is 131 cm³/mol. The van der Waals surface area contributed by atoms with E-state index in [9.17, 15) is 9.59 Å². The van der Waals surface area contributed by atoms with Gasteiger partial charge in [0.2, 0.25) is 0 Å². The highest BCUT2D eigenvalue weighted by Gasteiger charge is 2.27. The maximum absolute atomic E-state index is 13.1. The number of imidazole rings is 1. The van der Waals surface area contributed by atoms with Crippen LogP contribution in [0, 0.1) is 13.8 Å². The third-order valence-electron chi connectivity index (χ3n) is 5.61. The number of aromatic amines is 1. The molecule has 7 nitrogen and oxygen atoms in total. The van der Waals surface area contributed by atoms with Crippen molar-refractivity contribution in [1.82, 2.24) is 19.8 Å². The van der Waals surface area contributed by atoms with Gasteiger partial charge >= 0.3 is 0 Å². The van der Waals surface area contributed by atoms with Crippen molar-refractivity contribution in [2.24, 2.45) is 0 Å². The number of nitrogens with zero attached hydrogens (tertiary/aromatic N) is 3. The highest BCUT2D eigenvalue weighted by atomic mass is 16.2. The molecule has 0 atom stereocenters. The summed E-state index contributed by atoms with van der Waals surface area (Å²) in [6, 6.07) is 16.1. The number of anilines is 1. The van der Waals surface area contributed by atoms with Crippen molar-refractivity contribution in [3.05, 3.63) is 82.9 Å². The maximum Gasteiger partial charge on any atom is 0.276 e. The molecule has 0 saturated carbocycles. The van der Waals surface area contributed by atoms with Crippen molar-refractivity contribution in [3.8, 4) is 0 Å². The van der Waals surface area contributed by atoms with Crippen LogP contribution >= 0.6 is 0 Å². The minimum atomic E-state index is -0.390. The number of piperazine rings is 1. The van der Waals surface area contributed by atoms with Gasteiger partial charge in [0.25, 0.3) is 11.8 Å². The van der Waals surface area contributed by atoms with Gasteiger partial charge in [-0.2, -0.15) is 0 Å². The Balaban J connectivity index is 0.00000149. The van der Waals surface area contributed by atoms with Crippen molar-refractivity contribution in [1.29, 1.82) is 0 Å². The molecule has 1 aliphatic heterocycles. The molecular formula is C26H33N5O2. The molecule has 4 rings (SSSR count). The number of hydrogen-bond acceptors (Lipinski definition) is 4. The molecule has 7 heteroatoms. The first-order chi connectivity index (χ1) is 16.0. The van der Waals surface area contributed by atoms with Crippen LogP contribution in [-0.4, -0.2) is 57.8 Å². The molecule has 1 aliphatic rings. The van der Waals surface area contributed by atoms with E-state index in [2.05, 4.69) is 32.3 Å². The van der Waals surface area contributed by atoms with Gasteiger partial charge in [0, 0.05) is 38.4 Å². The van der Waals surface area contributed by atoms with Crippen LogP contribution in [0.4, 0.5) is 5.69 Å². The first kappa shape index (κ1) is 24.2. The summed E-state index contributed by atoms with van der Waals surface area (Å²) in [5, 5.41) is 2.87. The lowest BCUT2D eigenvalue weighted by Crippen LogP contribution is -2.48. The second kappa shape index (κ2) is 11.4. The van der Waals surface area contributed by atoms with E-state index in [0.29, 0.717) is 18.8 Å². The molecule has 0 radical (unpaired) electrons. The molecule has 1 fully saturated rings. The van der Waals surface area contributed by atoms with Crippen LogP contribution in [-0.2, 0) is 6.54 Å². The number of carbonyl (C=O) groups excluding carboxylic acids is 2. The van der Waals surface area contributed by atoms with Gasteiger partial charge in [-0.25, -0.2) is 4.98 Å². The molecule has 0 spiro atoms. The van der Waals surface area contributed by atoms with Gasteiger partial charge in [-0.15, -0.1) is 0 Å². The Kier molecular flexibility index (Phi) is 8.38. The number of nitrogens with one attached hydrogen (secondary N) is 2. The molecule has 0 unspecified atom stereocenters. The van der Waals surface area contributed by atoms with E-state index < -0.39 is 0 Å². The molecule has 0 aliphatic carbocycles. The Hall–Kier alpha value is -3.45. The average molecular weight is 448 g/mol. The van der Waals surface area contributed by atoms with Crippen LogP contribution in [0.25, 0.3) is 0 Å². The Labute approximate surface area is 195 Å². The van der Waals surface area contributed by atoms with E-state index in [4.69, 9.17) is 0 Å². The zero-order chi connectivity index (χ0) is 23.8. The quantitative estimate of drug-likeness (QED) is 0.612. The summed E-state index contributed by atoms with van der Waals surface area (Å²) in [6.07, 6.45) is 1.40. The first-order valence-corrected chi connectivity index (χ1v) is 11.5. The van der Waals surface area contributed by atoms with Crippen molar-refractivity contribution >= 4 is 17.5 Å². The van der Waals surface area contributed by atoms with Crippen molar-refractivity contribution < 1.29 is 9.59 Å². The van der Waals surface area contributed by atoms with Gasteiger partial charge in [0.15, 0.2) is 5.69 Å². The normalized spacial score (nSPS) is 13.8. The number of hydrogen-bond donors (Lipinski definition) is 2. The molecule has 3 aromatic rings. The molecule has 1 aromatic heterocycles. The molecule has 2 N–H and O–H groups in total. The minimum Gasteiger partial charge on any atom is -0.340 e. The highest BCUT2D eigenvalue weighted by molar-refractivity contribution is 6.10. The summed E-state index contributed by atoms with van der Waals surface area (Å²) in [7, 11) is 0. The van der Waals surface area contributed by atoms with E-state index in [0.717, 1.165) is 30.8 Å². The number of amides is 2. The fraction of sp³-hybridized carbons (Fsp3) is 0.346. The maximum atomic E-state index is 13.1. The Morgan fingerprint density at radius 2 is 1.70 bits per heavy atom. The summed E-state index contributed by atoms with van der Waals surface area (Å²) in [5.74, 6) is -0.582. The van der Waals surface area contributed by atoms with Crippen molar-refractivity contribution in [2.45, 2.75) is 34.2 Å². The van der Waals surface area contributed by atoms with Gasteiger partial charge in [0.1, 0.15) is 5.69 Å². The summed E-state index contributed by atoms with van der Waals surface area (Å²) < 4.78 is 0. The summed E-state index contributed by atoms with van der Waals surface area (Å²) in [6.45, 7) is 11.6. The van der Waals surface area contributed by atoms with E-state index in [1.165, 1.54) is 11.9 Å². The Bertz CT molecular complexity index is 1070. The number of aryl methyl sites for hydroxylation is 2. The van der Waals surface area contributed by atoms with E-state index >= 15 is 0 Å². The van der Waals surface area contributed by atoms with Crippen LogP contribution in [0.5, 0.6) is 0 Å². The van der Waals surface area contributed by atoms with Gasteiger partial charge in [0.05, 0.1) is 6.33 Å². The fourth-order valence-electron chi connectivity index (χ4n) is 3.87. The SMILES string of the molecule is CC.Cc1ccc(NC(=O)c2nc[nH]c2C(=O)N2CCN(Cc3ccccc3)CC2)c(C)c1. The van der Waals surface area contributed by atoms with E-state index in [-0.39, 0.29) is 23.2 Å². The number of rotatable bonds is 5. The van der Waals surface area contributed by atoms with Crippen LogP contribution < -0.4 is 5.32 Å². The van der Waals surface area contributed by atoms with Crippen molar-refractivity contribution in [2.75, 3.05) is 31.5 Å². The number of carbonyl (C=O) groups is 2. The third-order valence-corrected chi connectivity index (χ3v) is 5.61. The standard InChI is InChI=1S/C24H27N5O2.C2H6/c1-17-8-9-20(18(2)14-17)27-23(30)21-22(26-16-25-21)24(31)29-12-10-28(11-13-29)15-19-6-4-3-5-7-19;1-2/h3-9,14,16H,10-13,15H2,1-2H3,(H,25,26)(H,27,30);1-2H3. The molecule has 2 amide bonds. The van der Waals surface area contributed by atoms with Gasteiger partial charge in [-0.05, 0) is 31.0 Å². The largest absolute Gasteiger partial charge is 0.340 e. The lowest BCUT2D eigenvalue weighted by Gasteiger charge is -2.34. The Morgan fingerprint density at radius 3 is 2.36 bits per heavy atom. The van der Waals surface area contributed by atoms with Crippen LogP contribution in [0.2, 0.25) is 0 Å². The summed E-state index contributed by atoms with van der Waals surface area (Å²) in [4.78, 5) is 37.0. The molecule has 2 heterocycles. The van der Waals surface area contributed by atoms with E-state index in [1.807, 2.05) is 64.1 Å². The molecular weight excluding hydrogens is 414 g/mol. The molecule has 33 heavy (non-hydrogen) atoms. The molecule has 1 saturated heterocycles. The number of aromatic nitrogens is 2. The highest BCUT2D eigenvalue weighted by Crippen LogP contribution is 2.18. The topological polar surface area (TPSA) is 81.3 Å². The predicted octanol–water partition coefficient (Wildman–Crippen LogP) is 4.26. The van der Waals surface area contributed by atoms with Crippen LogP contribution in [0.15, 0.2) is 54.9 Å². The minimum absolute atomic E-state index is 0.122. The zero-order valence-electron chi connectivity index (χ0n) is 19.9. The molecule has 174 valence electrons. The van der Waals surface area contributed by atoms with Crippen molar-refractivity contribution in [3.63, 3.8) is 0 Å². The number of benzene rings is 2.